The van der Waals surface area contributed by atoms with Gasteiger partial charge in [0, 0.05) is 6.08 Å². The van der Waals surface area contributed by atoms with Crippen LogP contribution in [0.4, 0.5) is 4.39 Å². The summed E-state index contributed by atoms with van der Waals surface area (Å²) in [4.78, 5) is 11.7. The largest absolute Gasteiger partial charge is 0.495 e. The quantitative estimate of drug-likeness (QED) is 0.590. The first-order valence-electron chi connectivity index (χ1n) is 7.56. The van der Waals surface area contributed by atoms with Crippen LogP contribution in [0.1, 0.15) is 11.1 Å². The molecule has 1 N–H and O–H groups in total. The Labute approximate surface area is 151 Å². The van der Waals surface area contributed by atoms with Crippen molar-refractivity contribution in [3.8, 4) is 5.75 Å². The molecule has 0 amide bonds. The van der Waals surface area contributed by atoms with Crippen molar-refractivity contribution < 1.29 is 27.1 Å². The SMILES string of the molecule is CNS(=O)(=O)c1cc(/C=C/C(=O)OCc2cccc(F)c2)ccc1OC. The van der Waals surface area contributed by atoms with Crippen LogP contribution in [0, 0.1) is 5.82 Å². The van der Waals surface area contributed by atoms with E-state index >= 15 is 0 Å². The summed E-state index contributed by atoms with van der Waals surface area (Å²) < 4.78 is 49.4. The average Bonchev–Trinajstić information content (AvgIpc) is 2.64. The van der Waals surface area contributed by atoms with Crippen LogP contribution in [-0.4, -0.2) is 28.5 Å². The van der Waals surface area contributed by atoms with E-state index in [1.807, 2.05) is 0 Å². The molecule has 2 aromatic carbocycles. The second kappa shape index (κ2) is 8.59. The smallest absolute Gasteiger partial charge is 0.331 e. The van der Waals surface area contributed by atoms with E-state index in [-0.39, 0.29) is 17.3 Å². The van der Waals surface area contributed by atoms with Gasteiger partial charge in [-0.25, -0.2) is 22.3 Å². The van der Waals surface area contributed by atoms with Crippen molar-refractivity contribution >= 4 is 22.1 Å². The molecule has 0 radical (unpaired) electrons. The van der Waals surface area contributed by atoms with Crippen LogP contribution in [0.5, 0.6) is 5.75 Å². The van der Waals surface area contributed by atoms with E-state index in [0.29, 0.717) is 11.1 Å². The second-order valence-electron chi connectivity index (χ2n) is 5.19. The van der Waals surface area contributed by atoms with E-state index in [9.17, 15) is 17.6 Å². The molecule has 2 aromatic rings. The van der Waals surface area contributed by atoms with E-state index in [4.69, 9.17) is 9.47 Å². The summed E-state index contributed by atoms with van der Waals surface area (Å²) in [6.07, 6.45) is 2.58. The molecule has 8 heteroatoms. The molecule has 0 aliphatic rings. The molecule has 0 saturated heterocycles. The van der Waals surface area contributed by atoms with Crippen LogP contribution in [0.2, 0.25) is 0 Å². The number of halogens is 1. The zero-order valence-corrected chi connectivity index (χ0v) is 15.0. The Kier molecular flexibility index (Phi) is 6.48. The Hall–Kier alpha value is -2.71. The standard InChI is InChI=1S/C18H18FNO5S/c1-20-26(22,23)17-11-13(6-8-16(17)24-2)7-9-18(21)25-12-14-4-3-5-15(19)10-14/h3-11,20H,12H2,1-2H3/b9-7+. The minimum Gasteiger partial charge on any atom is -0.495 e. The minimum absolute atomic E-state index is 0.0437. The van der Waals surface area contributed by atoms with Gasteiger partial charge in [0.1, 0.15) is 23.1 Å². The first-order valence-corrected chi connectivity index (χ1v) is 9.05. The van der Waals surface area contributed by atoms with Gasteiger partial charge in [-0.2, -0.15) is 0 Å². The Morgan fingerprint density at radius 2 is 2.00 bits per heavy atom. The Morgan fingerprint density at radius 1 is 1.23 bits per heavy atom. The van der Waals surface area contributed by atoms with Gasteiger partial charge in [-0.3, -0.25) is 0 Å². The molecular weight excluding hydrogens is 361 g/mol. The van der Waals surface area contributed by atoms with E-state index < -0.39 is 21.8 Å². The van der Waals surface area contributed by atoms with E-state index in [1.165, 1.54) is 50.6 Å². The number of methoxy groups -OCH3 is 1. The van der Waals surface area contributed by atoms with Gasteiger partial charge in [0.05, 0.1) is 7.11 Å². The lowest BCUT2D eigenvalue weighted by atomic mass is 10.2. The molecule has 2 rings (SSSR count). The second-order valence-corrected chi connectivity index (χ2v) is 7.04. The summed E-state index contributed by atoms with van der Waals surface area (Å²) in [7, 11) is -1.06. The molecule has 0 atom stereocenters. The third-order valence-corrected chi connectivity index (χ3v) is 4.86. The highest BCUT2D eigenvalue weighted by Gasteiger charge is 2.17. The molecular formula is C18H18FNO5S. The van der Waals surface area contributed by atoms with Crippen molar-refractivity contribution in [1.29, 1.82) is 0 Å². The summed E-state index contributed by atoms with van der Waals surface area (Å²) in [6, 6.07) is 10.2. The molecule has 138 valence electrons. The molecule has 0 saturated carbocycles. The Balaban J connectivity index is 2.09. The fourth-order valence-electron chi connectivity index (χ4n) is 2.11. The van der Waals surface area contributed by atoms with Crippen molar-refractivity contribution in [1.82, 2.24) is 4.72 Å². The van der Waals surface area contributed by atoms with Crippen LogP contribution < -0.4 is 9.46 Å². The maximum absolute atomic E-state index is 13.1. The zero-order chi connectivity index (χ0) is 19.2. The summed E-state index contributed by atoms with van der Waals surface area (Å²) >= 11 is 0. The Morgan fingerprint density at radius 3 is 2.65 bits per heavy atom. The molecule has 0 aromatic heterocycles. The van der Waals surface area contributed by atoms with Crippen LogP contribution in [0.3, 0.4) is 0 Å². The first kappa shape index (κ1) is 19.6. The van der Waals surface area contributed by atoms with Crippen molar-refractivity contribution in [2.24, 2.45) is 0 Å². The predicted octanol–water partition coefficient (Wildman–Crippen LogP) is 2.50. The maximum atomic E-state index is 13.1. The topological polar surface area (TPSA) is 81.7 Å². The number of carbonyl (C=O) groups is 1. The highest BCUT2D eigenvalue weighted by atomic mass is 32.2. The summed E-state index contributed by atoms with van der Waals surface area (Å²) in [5, 5.41) is 0. The van der Waals surface area contributed by atoms with E-state index in [1.54, 1.807) is 12.1 Å². The van der Waals surface area contributed by atoms with Gasteiger partial charge in [-0.1, -0.05) is 18.2 Å². The number of esters is 1. The van der Waals surface area contributed by atoms with E-state index in [0.717, 1.165) is 6.08 Å². The fourth-order valence-corrected chi connectivity index (χ4v) is 3.04. The third-order valence-electron chi connectivity index (χ3n) is 3.43. The number of ether oxygens (including phenoxy) is 2. The summed E-state index contributed by atoms with van der Waals surface area (Å²) in [5.74, 6) is -0.862. The number of hydrogen-bond acceptors (Lipinski definition) is 5. The number of rotatable bonds is 7. The number of nitrogens with one attached hydrogen (secondary N) is 1. The van der Waals surface area contributed by atoms with Gasteiger partial charge in [0.2, 0.25) is 10.0 Å². The molecule has 26 heavy (non-hydrogen) atoms. The van der Waals surface area contributed by atoms with Crippen LogP contribution in [-0.2, 0) is 26.2 Å². The summed E-state index contributed by atoms with van der Waals surface area (Å²) in [6.45, 7) is -0.0665. The number of benzene rings is 2. The molecule has 6 nitrogen and oxygen atoms in total. The average molecular weight is 379 g/mol. The van der Waals surface area contributed by atoms with E-state index in [2.05, 4.69) is 4.72 Å². The fraction of sp³-hybridized carbons (Fsp3) is 0.167. The number of hydrogen-bond donors (Lipinski definition) is 1. The van der Waals surface area contributed by atoms with Crippen molar-refractivity contribution in [3.63, 3.8) is 0 Å². The lowest BCUT2D eigenvalue weighted by molar-refractivity contribution is -0.138. The highest BCUT2D eigenvalue weighted by molar-refractivity contribution is 7.89. The Bertz CT molecular complexity index is 925. The highest BCUT2D eigenvalue weighted by Crippen LogP contribution is 2.25. The van der Waals surface area contributed by atoms with Crippen LogP contribution >= 0.6 is 0 Å². The number of sulfonamides is 1. The normalized spacial score (nSPS) is 11.5. The molecule has 0 aliphatic heterocycles. The maximum Gasteiger partial charge on any atom is 0.331 e. The van der Waals surface area contributed by atoms with Gasteiger partial charge in [0.25, 0.3) is 0 Å². The summed E-state index contributed by atoms with van der Waals surface area (Å²) in [5.41, 5.74) is 1.00. The monoisotopic (exact) mass is 379 g/mol. The lowest BCUT2D eigenvalue weighted by Crippen LogP contribution is -2.19. The van der Waals surface area contributed by atoms with Gasteiger partial charge in [-0.15, -0.1) is 0 Å². The third kappa shape index (κ3) is 5.14. The number of carbonyl (C=O) groups excluding carboxylic acids is 1. The minimum atomic E-state index is -3.71. The van der Waals surface area contributed by atoms with Crippen LogP contribution in [0.25, 0.3) is 6.08 Å². The molecule has 0 unspecified atom stereocenters. The molecule has 0 spiro atoms. The van der Waals surface area contributed by atoms with Crippen molar-refractivity contribution in [3.05, 3.63) is 65.5 Å². The van der Waals surface area contributed by atoms with Gasteiger partial charge in [0.15, 0.2) is 0 Å². The van der Waals surface area contributed by atoms with Gasteiger partial charge in [-0.05, 0) is 48.5 Å². The van der Waals surface area contributed by atoms with Crippen molar-refractivity contribution in [2.45, 2.75) is 11.5 Å². The first-order chi connectivity index (χ1) is 12.4. The van der Waals surface area contributed by atoms with Gasteiger partial charge < -0.3 is 9.47 Å². The predicted molar refractivity (Wildman–Crippen MR) is 94.5 cm³/mol. The van der Waals surface area contributed by atoms with Crippen LogP contribution in [0.15, 0.2) is 53.4 Å². The molecule has 0 bridgehead atoms. The molecule has 0 fully saturated rings. The zero-order valence-electron chi connectivity index (χ0n) is 14.2. The van der Waals surface area contributed by atoms with Gasteiger partial charge >= 0.3 is 5.97 Å². The lowest BCUT2D eigenvalue weighted by Gasteiger charge is -2.09. The molecule has 0 aliphatic carbocycles. The van der Waals surface area contributed by atoms with Crippen molar-refractivity contribution in [2.75, 3.05) is 14.2 Å². The molecule has 0 heterocycles.